The Morgan fingerprint density at radius 2 is 2.05 bits per heavy atom. The maximum atomic E-state index is 10.4. The van der Waals surface area contributed by atoms with Gasteiger partial charge in [-0.3, -0.25) is 4.55 Å². The molecule has 0 amide bonds. The number of nitrogens with zero attached hydrogens (tertiary/aromatic N) is 2. The summed E-state index contributed by atoms with van der Waals surface area (Å²) in [7, 11) is -2.56. The van der Waals surface area contributed by atoms with Gasteiger partial charge in [-0.05, 0) is 23.7 Å². The number of anilines is 1. The largest absolute Gasteiger partial charge is 0.491 e. The molecule has 0 bridgehead atoms. The van der Waals surface area contributed by atoms with Crippen LogP contribution in [0.15, 0.2) is 22.5 Å². The van der Waals surface area contributed by atoms with Crippen LogP contribution in [-0.2, 0) is 10.1 Å². The number of aromatic nitrogens is 2. The van der Waals surface area contributed by atoms with E-state index in [9.17, 15) is 8.42 Å². The first kappa shape index (κ1) is 16.9. The molecule has 0 radical (unpaired) electrons. The van der Waals surface area contributed by atoms with Crippen molar-refractivity contribution < 1.29 is 17.7 Å². The molecule has 3 N–H and O–H groups in total. The second-order valence-corrected chi connectivity index (χ2v) is 6.83. The van der Waals surface area contributed by atoms with Gasteiger partial charge in [0.2, 0.25) is 5.28 Å². The number of methoxy groups -OCH3 is 1. The number of ether oxygens (including phenoxy) is 1. The van der Waals surface area contributed by atoms with Gasteiger partial charge < -0.3 is 10.5 Å². The highest BCUT2D eigenvalue weighted by molar-refractivity contribution is 7.88. The van der Waals surface area contributed by atoms with Crippen LogP contribution >= 0.6 is 34.5 Å². The summed E-state index contributed by atoms with van der Waals surface area (Å²) in [5.74, 6) is 0.687. The van der Waals surface area contributed by atoms with Crippen molar-refractivity contribution in [1.82, 2.24) is 9.97 Å². The molecule has 11 heteroatoms. The quantitative estimate of drug-likeness (QED) is 0.625. The molecule has 0 saturated carbocycles. The lowest BCUT2D eigenvalue weighted by atomic mass is 10.5. The molecule has 0 spiro atoms. The Morgan fingerprint density at radius 3 is 2.40 bits per heavy atom. The highest BCUT2D eigenvalue weighted by Gasteiger charge is 2.11. The Bertz CT molecular complexity index is 690. The van der Waals surface area contributed by atoms with Gasteiger partial charge in [0.25, 0.3) is 0 Å². The Morgan fingerprint density at radius 1 is 1.40 bits per heavy atom. The lowest BCUT2D eigenvalue weighted by Gasteiger charge is -2.00. The van der Waals surface area contributed by atoms with Gasteiger partial charge in [0.05, 0.1) is 17.6 Å². The number of nitrogen functional groups attached to an aromatic ring is 1. The van der Waals surface area contributed by atoms with Crippen LogP contribution in [0.1, 0.15) is 0 Å². The summed E-state index contributed by atoms with van der Waals surface area (Å²) < 4.78 is 34.1. The molecule has 2 rings (SSSR count). The van der Waals surface area contributed by atoms with Crippen LogP contribution in [-0.4, -0.2) is 30.0 Å². The Labute approximate surface area is 129 Å². The topological polar surface area (TPSA) is 115 Å². The molecule has 2 aromatic rings. The highest BCUT2D eigenvalue weighted by atomic mass is 35.5. The summed E-state index contributed by atoms with van der Waals surface area (Å²) in [5.41, 5.74) is 5.37. The van der Waals surface area contributed by atoms with E-state index < -0.39 is 10.1 Å². The van der Waals surface area contributed by atoms with Gasteiger partial charge in [0.1, 0.15) is 4.21 Å². The lowest BCUT2D eigenvalue weighted by molar-refractivity contribution is 0.413. The van der Waals surface area contributed by atoms with Gasteiger partial charge in [-0.2, -0.15) is 13.4 Å². The third-order valence-electron chi connectivity index (χ3n) is 1.78. The van der Waals surface area contributed by atoms with Crippen LogP contribution in [0.5, 0.6) is 5.75 Å². The van der Waals surface area contributed by atoms with Crippen molar-refractivity contribution in [2.24, 2.45) is 0 Å². The molecule has 7 nitrogen and oxygen atoms in total. The first-order valence-electron chi connectivity index (χ1n) is 4.79. The van der Waals surface area contributed by atoms with Gasteiger partial charge in [0.15, 0.2) is 11.6 Å². The van der Waals surface area contributed by atoms with E-state index in [-0.39, 0.29) is 15.3 Å². The Balaban J connectivity index is 0.000000200. The zero-order chi connectivity index (χ0) is 15.3. The normalized spacial score (nSPS) is 10.6. The minimum Gasteiger partial charge on any atom is -0.491 e. The smallest absolute Gasteiger partial charge is 0.304 e. The maximum absolute atomic E-state index is 10.4. The third-order valence-corrected chi connectivity index (χ3v) is 4.51. The predicted octanol–water partition coefficient (Wildman–Crippen LogP) is 2.37. The van der Waals surface area contributed by atoms with Crippen molar-refractivity contribution in [2.75, 3.05) is 12.8 Å². The highest BCUT2D eigenvalue weighted by Crippen LogP contribution is 2.24. The summed E-state index contributed by atoms with van der Waals surface area (Å²) in [4.78, 5) is 7.31. The second kappa shape index (κ2) is 7.04. The van der Waals surface area contributed by atoms with E-state index in [4.69, 9.17) is 38.2 Å². The number of halogens is 2. The van der Waals surface area contributed by atoms with Crippen LogP contribution in [0.3, 0.4) is 0 Å². The molecule has 0 saturated heterocycles. The SMILES string of the molecule is COc1cnc(Cl)nc1N.O=S(=O)(O)c1ccc(Cl)s1. The molecule has 0 unspecified atom stereocenters. The van der Waals surface area contributed by atoms with Crippen molar-refractivity contribution in [1.29, 1.82) is 0 Å². The molecule has 0 aliphatic carbocycles. The lowest BCUT2D eigenvalue weighted by Crippen LogP contribution is -1.96. The van der Waals surface area contributed by atoms with E-state index in [0.29, 0.717) is 10.1 Å². The van der Waals surface area contributed by atoms with Gasteiger partial charge in [0, 0.05) is 0 Å². The van der Waals surface area contributed by atoms with Crippen LogP contribution in [0.2, 0.25) is 9.62 Å². The summed E-state index contributed by atoms with van der Waals surface area (Å²) in [6, 6.07) is 2.66. The van der Waals surface area contributed by atoms with Crippen molar-refractivity contribution in [3.05, 3.63) is 27.9 Å². The summed E-state index contributed by atoms with van der Waals surface area (Å²) >= 11 is 11.6. The van der Waals surface area contributed by atoms with E-state index in [2.05, 4.69) is 9.97 Å². The molecule has 0 aromatic carbocycles. The first-order chi connectivity index (χ1) is 9.24. The average molecular weight is 358 g/mol. The van der Waals surface area contributed by atoms with Gasteiger partial charge in [-0.1, -0.05) is 11.6 Å². The molecule has 2 heterocycles. The second-order valence-electron chi connectivity index (χ2n) is 3.13. The zero-order valence-corrected chi connectivity index (χ0v) is 13.1. The maximum Gasteiger partial charge on any atom is 0.304 e. The predicted molar refractivity (Wildman–Crippen MR) is 77.2 cm³/mol. The Kier molecular flexibility index (Phi) is 5.96. The van der Waals surface area contributed by atoms with E-state index in [1.165, 1.54) is 25.4 Å². The van der Waals surface area contributed by atoms with Crippen LogP contribution < -0.4 is 10.5 Å². The summed E-state index contributed by atoms with van der Waals surface area (Å²) in [5, 5.41) is 0.123. The van der Waals surface area contributed by atoms with Gasteiger partial charge in [-0.15, -0.1) is 11.3 Å². The molecular formula is C9H9Cl2N3O4S2. The number of hydrogen-bond acceptors (Lipinski definition) is 7. The molecule has 2 aromatic heterocycles. The van der Waals surface area contributed by atoms with E-state index in [1.807, 2.05) is 0 Å². The fourth-order valence-electron chi connectivity index (χ4n) is 0.955. The average Bonchev–Trinajstić information content (AvgIpc) is 2.77. The monoisotopic (exact) mass is 357 g/mol. The molecule has 0 atom stereocenters. The fraction of sp³-hybridized carbons (Fsp3) is 0.111. The van der Waals surface area contributed by atoms with E-state index in [0.717, 1.165) is 11.3 Å². The minimum atomic E-state index is -4.05. The molecular weight excluding hydrogens is 349 g/mol. The standard InChI is InChI=1S/C5H6ClN3O.C4H3ClO3S2/c1-10-3-2-8-5(6)9-4(3)7;5-3-1-2-4(9-3)10(6,7)8/h2H,1H3,(H2,7,8,9);1-2H,(H,6,7,8). The number of nitrogens with two attached hydrogens (primary N) is 1. The van der Waals surface area contributed by atoms with Crippen LogP contribution in [0.4, 0.5) is 5.82 Å². The molecule has 0 fully saturated rings. The fourth-order valence-corrected chi connectivity index (χ4v) is 2.94. The van der Waals surface area contributed by atoms with Crippen molar-refractivity contribution in [3.8, 4) is 5.75 Å². The summed E-state index contributed by atoms with van der Waals surface area (Å²) in [6.07, 6.45) is 1.42. The summed E-state index contributed by atoms with van der Waals surface area (Å²) in [6.45, 7) is 0. The van der Waals surface area contributed by atoms with Crippen molar-refractivity contribution >= 4 is 50.5 Å². The van der Waals surface area contributed by atoms with Crippen LogP contribution in [0.25, 0.3) is 0 Å². The van der Waals surface area contributed by atoms with Crippen LogP contribution in [0, 0.1) is 0 Å². The zero-order valence-electron chi connectivity index (χ0n) is 9.95. The third kappa shape index (κ3) is 5.10. The first-order valence-corrected chi connectivity index (χ1v) is 7.80. The molecule has 20 heavy (non-hydrogen) atoms. The number of rotatable bonds is 2. The van der Waals surface area contributed by atoms with E-state index in [1.54, 1.807) is 0 Å². The minimum absolute atomic E-state index is 0.123. The molecule has 0 aliphatic heterocycles. The number of hydrogen-bond donors (Lipinski definition) is 2. The van der Waals surface area contributed by atoms with Gasteiger partial charge in [-0.25, -0.2) is 4.98 Å². The Hall–Kier alpha value is -1.13. The number of thiophene rings is 1. The molecule has 110 valence electrons. The van der Waals surface area contributed by atoms with Gasteiger partial charge >= 0.3 is 10.1 Å². The van der Waals surface area contributed by atoms with E-state index >= 15 is 0 Å². The van der Waals surface area contributed by atoms with Crippen molar-refractivity contribution in [3.63, 3.8) is 0 Å². The van der Waals surface area contributed by atoms with Crippen molar-refractivity contribution in [2.45, 2.75) is 4.21 Å². The molecule has 0 aliphatic rings.